The van der Waals surface area contributed by atoms with Gasteiger partial charge in [0.15, 0.2) is 6.10 Å². The fourth-order valence-corrected chi connectivity index (χ4v) is 0.998. The molecule has 2 heteroatoms. The van der Waals surface area contributed by atoms with Crippen LogP contribution in [0.25, 0.3) is 0 Å². The largest absolute Gasteiger partial charge is 0.449 e. The summed E-state index contributed by atoms with van der Waals surface area (Å²) in [5, 5.41) is 0. The minimum absolute atomic E-state index is 0.209. The molecule has 74 valence electrons. The molecule has 0 saturated carbocycles. The van der Waals surface area contributed by atoms with Gasteiger partial charge in [0.1, 0.15) is 0 Å². The number of ether oxygens (including phenoxy) is 1. The Bertz CT molecular complexity index is 179. The first-order valence-electron chi connectivity index (χ1n) is 4.90. The van der Waals surface area contributed by atoms with Crippen LogP contribution in [0, 0.1) is 12.3 Å². The van der Waals surface area contributed by atoms with Crippen molar-refractivity contribution in [1.29, 1.82) is 0 Å². The van der Waals surface area contributed by atoms with Crippen LogP contribution in [0.5, 0.6) is 0 Å². The predicted molar refractivity (Wildman–Crippen MR) is 53.1 cm³/mol. The van der Waals surface area contributed by atoms with Crippen molar-refractivity contribution in [2.75, 3.05) is 0 Å². The van der Waals surface area contributed by atoms with E-state index in [2.05, 4.69) is 12.8 Å². The summed E-state index contributed by atoms with van der Waals surface area (Å²) in [6.07, 6.45) is 9.42. The van der Waals surface area contributed by atoms with Gasteiger partial charge in [-0.25, -0.2) is 0 Å². The zero-order valence-electron chi connectivity index (χ0n) is 8.51. The zero-order valence-corrected chi connectivity index (χ0v) is 8.51. The molecule has 0 radical (unpaired) electrons. The highest BCUT2D eigenvalue weighted by Crippen LogP contribution is 2.06. The van der Waals surface area contributed by atoms with Crippen molar-refractivity contribution in [3.8, 4) is 12.3 Å². The Morgan fingerprint density at radius 2 is 2.15 bits per heavy atom. The number of hydrogen-bond donors (Lipinski definition) is 0. The minimum atomic E-state index is -0.320. The third kappa shape index (κ3) is 6.21. The van der Waals surface area contributed by atoms with Gasteiger partial charge in [-0.05, 0) is 12.8 Å². The average Bonchev–Trinajstić information content (AvgIpc) is 2.16. The molecule has 13 heavy (non-hydrogen) atoms. The highest BCUT2D eigenvalue weighted by atomic mass is 16.5. The highest BCUT2D eigenvalue weighted by Gasteiger charge is 2.08. The first-order valence-corrected chi connectivity index (χ1v) is 4.90. The van der Waals surface area contributed by atoms with Crippen molar-refractivity contribution in [2.45, 2.75) is 52.1 Å². The Hall–Kier alpha value is -0.970. The lowest BCUT2D eigenvalue weighted by Gasteiger charge is -2.10. The quantitative estimate of drug-likeness (QED) is 0.358. The molecule has 1 atom stereocenters. The van der Waals surface area contributed by atoms with Gasteiger partial charge < -0.3 is 4.74 Å². The fraction of sp³-hybridized carbons (Fsp3) is 0.727. The smallest absolute Gasteiger partial charge is 0.306 e. The van der Waals surface area contributed by atoms with E-state index in [1.165, 1.54) is 0 Å². The SMILES string of the molecule is C#CC(CCCCC)OC(=O)CC. The van der Waals surface area contributed by atoms with E-state index in [-0.39, 0.29) is 12.1 Å². The van der Waals surface area contributed by atoms with Crippen molar-refractivity contribution in [2.24, 2.45) is 0 Å². The zero-order chi connectivity index (χ0) is 10.1. The van der Waals surface area contributed by atoms with E-state index < -0.39 is 0 Å². The van der Waals surface area contributed by atoms with E-state index >= 15 is 0 Å². The van der Waals surface area contributed by atoms with Crippen LogP contribution >= 0.6 is 0 Å². The molecule has 2 nitrogen and oxygen atoms in total. The van der Waals surface area contributed by atoms with Crippen LogP contribution < -0.4 is 0 Å². The second-order valence-electron chi connectivity index (χ2n) is 2.99. The molecule has 0 saturated heterocycles. The number of carbonyl (C=O) groups is 1. The molecular weight excluding hydrogens is 164 g/mol. The second-order valence-corrected chi connectivity index (χ2v) is 2.99. The normalized spacial score (nSPS) is 11.8. The van der Waals surface area contributed by atoms with Gasteiger partial charge >= 0.3 is 5.97 Å². The third-order valence-corrected chi connectivity index (χ3v) is 1.82. The monoisotopic (exact) mass is 182 g/mol. The predicted octanol–water partition coefficient (Wildman–Crippen LogP) is 2.52. The van der Waals surface area contributed by atoms with Gasteiger partial charge in [0, 0.05) is 6.42 Å². The van der Waals surface area contributed by atoms with Gasteiger partial charge in [0.05, 0.1) is 0 Å². The summed E-state index contributed by atoms with van der Waals surface area (Å²) in [5.74, 6) is 2.27. The molecule has 0 aliphatic rings. The summed E-state index contributed by atoms with van der Waals surface area (Å²) >= 11 is 0. The average molecular weight is 182 g/mol. The number of terminal acetylenes is 1. The number of hydrogen-bond acceptors (Lipinski definition) is 2. The van der Waals surface area contributed by atoms with Crippen molar-refractivity contribution < 1.29 is 9.53 Å². The van der Waals surface area contributed by atoms with E-state index in [4.69, 9.17) is 11.2 Å². The molecule has 0 aromatic rings. The van der Waals surface area contributed by atoms with E-state index in [0.717, 1.165) is 25.7 Å². The molecule has 0 aromatic carbocycles. The third-order valence-electron chi connectivity index (χ3n) is 1.82. The number of esters is 1. The standard InChI is InChI=1S/C11H18O2/c1-4-7-8-9-10(5-2)13-11(12)6-3/h2,10H,4,6-9H2,1,3H3. The number of rotatable bonds is 6. The lowest BCUT2D eigenvalue weighted by atomic mass is 10.1. The molecule has 1 unspecified atom stereocenters. The second kappa shape index (κ2) is 7.67. The summed E-state index contributed by atoms with van der Waals surface area (Å²) in [4.78, 5) is 10.9. The summed E-state index contributed by atoms with van der Waals surface area (Å²) in [5.41, 5.74) is 0. The number of carbonyl (C=O) groups excluding carboxylic acids is 1. The summed E-state index contributed by atoms with van der Waals surface area (Å²) in [7, 11) is 0. The van der Waals surface area contributed by atoms with Gasteiger partial charge in [-0.15, -0.1) is 6.42 Å². The topological polar surface area (TPSA) is 26.3 Å². The van der Waals surface area contributed by atoms with Crippen LogP contribution in [0.2, 0.25) is 0 Å². The van der Waals surface area contributed by atoms with E-state index in [0.29, 0.717) is 6.42 Å². The van der Waals surface area contributed by atoms with Gasteiger partial charge in [-0.2, -0.15) is 0 Å². The molecule has 0 aromatic heterocycles. The maximum Gasteiger partial charge on any atom is 0.306 e. The molecule has 0 rings (SSSR count). The fourth-order valence-electron chi connectivity index (χ4n) is 0.998. The molecule has 0 fully saturated rings. The Kier molecular flexibility index (Phi) is 7.10. The molecular formula is C11H18O2. The molecule has 0 amide bonds. The molecule has 0 N–H and O–H groups in total. The molecule has 0 spiro atoms. The van der Waals surface area contributed by atoms with E-state index in [1.807, 2.05) is 0 Å². The van der Waals surface area contributed by atoms with Gasteiger partial charge in [-0.1, -0.05) is 32.6 Å². The van der Waals surface area contributed by atoms with Crippen LogP contribution in [0.15, 0.2) is 0 Å². The van der Waals surface area contributed by atoms with Crippen LogP contribution in [-0.2, 0) is 9.53 Å². The van der Waals surface area contributed by atoms with E-state index in [1.54, 1.807) is 6.92 Å². The summed E-state index contributed by atoms with van der Waals surface area (Å²) in [6, 6.07) is 0. The first kappa shape index (κ1) is 12.0. The van der Waals surface area contributed by atoms with Crippen molar-refractivity contribution in [3.05, 3.63) is 0 Å². The Morgan fingerprint density at radius 3 is 2.62 bits per heavy atom. The van der Waals surface area contributed by atoms with Gasteiger partial charge in [0.25, 0.3) is 0 Å². The Labute approximate surface area is 80.7 Å². The first-order chi connectivity index (χ1) is 6.24. The Morgan fingerprint density at radius 1 is 1.46 bits per heavy atom. The lowest BCUT2D eigenvalue weighted by Crippen LogP contribution is -2.15. The van der Waals surface area contributed by atoms with Crippen LogP contribution in [-0.4, -0.2) is 12.1 Å². The maximum absolute atomic E-state index is 10.9. The van der Waals surface area contributed by atoms with Crippen molar-refractivity contribution in [1.82, 2.24) is 0 Å². The van der Waals surface area contributed by atoms with Gasteiger partial charge in [-0.3, -0.25) is 4.79 Å². The molecule has 0 aliphatic heterocycles. The summed E-state index contributed by atoms with van der Waals surface area (Å²) in [6.45, 7) is 3.89. The van der Waals surface area contributed by atoms with Crippen molar-refractivity contribution >= 4 is 5.97 Å². The van der Waals surface area contributed by atoms with Crippen molar-refractivity contribution in [3.63, 3.8) is 0 Å². The molecule has 0 heterocycles. The number of unbranched alkanes of at least 4 members (excludes halogenated alkanes) is 2. The van der Waals surface area contributed by atoms with Crippen LogP contribution in [0.4, 0.5) is 0 Å². The minimum Gasteiger partial charge on any atom is -0.449 e. The maximum atomic E-state index is 10.9. The summed E-state index contributed by atoms with van der Waals surface area (Å²) < 4.78 is 5.02. The van der Waals surface area contributed by atoms with Crippen LogP contribution in [0.3, 0.4) is 0 Å². The lowest BCUT2D eigenvalue weighted by molar-refractivity contribution is -0.146. The molecule has 0 aliphatic carbocycles. The molecule has 0 bridgehead atoms. The van der Waals surface area contributed by atoms with Gasteiger partial charge in [0.2, 0.25) is 0 Å². The highest BCUT2D eigenvalue weighted by molar-refractivity contribution is 5.69. The van der Waals surface area contributed by atoms with Crippen LogP contribution in [0.1, 0.15) is 46.0 Å². The van der Waals surface area contributed by atoms with E-state index in [9.17, 15) is 4.79 Å². The Balaban J connectivity index is 3.65.